The zero-order valence-corrected chi connectivity index (χ0v) is 15.1. The van der Waals surface area contributed by atoms with Crippen molar-refractivity contribution in [1.82, 2.24) is 19.4 Å². The van der Waals surface area contributed by atoms with Crippen molar-refractivity contribution in [2.75, 3.05) is 19.6 Å². The van der Waals surface area contributed by atoms with E-state index in [1.165, 1.54) is 6.92 Å². The lowest BCUT2D eigenvalue weighted by Crippen LogP contribution is -2.42. The molecule has 1 spiro atoms. The first-order valence-electron chi connectivity index (χ1n) is 9.16. The van der Waals surface area contributed by atoms with Crippen LogP contribution < -0.4 is 0 Å². The van der Waals surface area contributed by atoms with E-state index in [9.17, 15) is 14.7 Å². The van der Waals surface area contributed by atoms with Gasteiger partial charge in [0.15, 0.2) is 0 Å². The number of hydrogen-bond acceptors (Lipinski definition) is 4. The van der Waals surface area contributed by atoms with Crippen molar-refractivity contribution in [1.29, 1.82) is 0 Å². The van der Waals surface area contributed by atoms with Crippen LogP contribution in [-0.4, -0.2) is 62.0 Å². The molecule has 3 heterocycles. The number of carboxylic acids is 1. The molecule has 2 fully saturated rings. The van der Waals surface area contributed by atoms with Crippen LogP contribution in [0.25, 0.3) is 0 Å². The Morgan fingerprint density at radius 1 is 1.36 bits per heavy atom. The molecule has 2 aliphatic rings. The summed E-state index contributed by atoms with van der Waals surface area (Å²) in [5, 5.41) is 9.44. The smallest absolute Gasteiger partial charge is 0.326 e. The third-order valence-corrected chi connectivity index (χ3v) is 5.75. The summed E-state index contributed by atoms with van der Waals surface area (Å²) < 4.78 is 2.21. The summed E-state index contributed by atoms with van der Waals surface area (Å²) in [4.78, 5) is 31.7. The van der Waals surface area contributed by atoms with E-state index in [1.54, 1.807) is 4.90 Å². The van der Waals surface area contributed by atoms with Crippen LogP contribution in [0.2, 0.25) is 0 Å². The molecular weight excluding hydrogens is 320 g/mol. The Kier molecular flexibility index (Phi) is 5.13. The Labute approximate surface area is 148 Å². The summed E-state index contributed by atoms with van der Waals surface area (Å²) in [6.07, 6.45) is 7.44. The average molecular weight is 348 g/mol. The molecule has 0 radical (unpaired) electrons. The monoisotopic (exact) mass is 348 g/mol. The number of aliphatic carboxylic acids is 1. The minimum Gasteiger partial charge on any atom is -0.480 e. The van der Waals surface area contributed by atoms with Crippen molar-refractivity contribution >= 4 is 11.9 Å². The number of carbonyl (C=O) groups is 2. The Morgan fingerprint density at radius 3 is 2.64 bits per heavy atom. The van der Waals surface area contributed by atoms with Crippen LogP contribution in [0.5, 0.6) is 0 Å². The number of rotatable bonds is 5. The molecule has 25 heavy (non-hydrogen) atoms. The molecule has 1 atom stereocenters. The third kappa shape index (κ3) is 3.71. The maximum absolute atomic E-state index is 11.8. The van der Waals surface area contributed by atoms with Gasteiger partial charge in [0.2, 0.25) is 5.91 Å². The largest absolute Gasteiger partial charge is 0.480 e. The molecule has 2 saturated heterocycles. The molecule has 1 aromatic rings. The van der Waals surface area contributed by atoms with Gasteiger partial charge in [0.25, 0.3) is 0 Å². The van der Waals surface area contributed by atoms with Crippen LogP contribution in [0.15, 0.2) is 12.4 Å². The number of nitrogens with zero attached hydrogens (tertiary/aromatic N) is 4. The van der Waals surface area contributed by atoms with E-state index in [0.29, 0.717) is 13.0 Å². The molecule has 0 saturated carbocycles. The maximum Gasteiger partial charge on any atom is 0.326 e. The lowest BCUT2D eigenvalue weighted by Gasteiger charge is -2.39. The SMILES string of the molecule is CCCn1ccnc1CN1CCC2(CC1)C[C@H](C(=O)O)N(C(C)=O)C2. The number of hydrogen-bond donors (Lipinski definition) is 1. The van der Waals surface area contributed by atoms with Gasteiger partial charge in [-0.1, -0.05) is 6.92 Å². The van der Waals surface area contributed by atoms with Crippen molar-refractivity contribution in [2.24, 2.45) is 5.41 Å². The van der Waals surface area contributed by atoms with Crippen molar-refractivity contribution in [3.05, 3.63) is 18.2 Å². The van der Waals surface area contributed by atoms with Gasteiger partial charge in [0.05, 0.1) is 6.54 Å². The first-order chi connectivity index (χ1) is 11.9. The molecule has 0 aliphatic carbocycles. The quantitative estimate of drug-likeness (QED) is 0.874. The number of likely N-dealkylation sites (tertiary alicyclic amines) is 2. The highest BCUT2D eigenvalue weighted by molar-refractivity contribution is 5.83. The van der Waals surface area contributed by atoms with Crippen LogP contribution in [0.4, 0.5) is 0 Å². The first kappa shape index (κ1) is 17.9. The standard InChI is InChI=1S/C18H28N4O3/c1-3-7-21-10-6-19-16(21)12-20-8-4-18(5-9-20)11-15(17(24)25)22(13-18)14(2)23/h6,10,15H,3-5,7-9,11-13H2,1-2H3,(H,24,25)/t15-/m1/s1. The summed E-state index contributed by atoms with van der Waals surface area (Å²) >= 11 is 0. The van der Waals surface area contributed by atoms with Crippen LogP contribution in [0.1, 0.15) is 45.4 Å². The maximum atomic E-state index is 11.8. The highest BCUT2D eigenvalue weighted by atomic mass is 16.4. The first-order valence-corrected chi connectivity index (χ1v) is 9.16. The molecule has 1 N–H and O–H groups in total. The predicted molar refractivity (Wildman–Crippen MR) is 92.9 cm³/mol. The molecule has 7 heteroatoms. The molecule has 1 aromatic heterocycles. The number of imidazole rings is 1. The number of aryl methyl sites for hydroxylation is 1. The van der Waals surface area contributed by atoms with Gasteiger partial charge in [-0.25, -0.2) is 9.78 Å². The Hall–Kier alpha value is -1.89. The second-order valence-electron chi connectivity index (χ2n) is 7.52. The molecular formula is C18H28N4O3. The number of piperidine rings is 1. The van der Waals surface area contributed by atoms with Crippen molar-refractivity contribution in [3.8, 4) is 0 Å². The zero-order valence-electron chi connectivity index (χ0n) is 15.1. The van der Waals surface area contributed by atoms with Gasteiger partial charge in [-0.05, 0) is 44.2 Å². The number of carbonyl (C=O) groups excluding carboxylic acids is 1. The topological polar surface area (TPSA) is 78.7 Å². The second kappa shape index (κ2) is 7.15. The van der Waals surface area contributed by atoms with Gasteiger partial charge in [-0.15, -0.1) is 0 Å². The lowest BCUT2D eigenvalue weighted by molar-refractivity contribution is -0.147. The van der Waals surface area contributed by atoms with Crippen LogP contribution in [-0.2, 0) is 22.7 Å². The highest BCUT2D eigenvalue weighted by Gasteiger charge is 2.49. The zero-order chi connectivity index (χ0) is 18.0. The second-order valence-corrected chi connectivity index (χ2v) is 7.52. The molecule has 138 valence electrons. The number of aromatic nitrogens is 2. The molecule has 7 nitrogen and oxygen atoms in total. The average Bonchev–Trinajstić information content (AvgIpc) is 3.16. The number of amides is 1. The molecule has 3 rings (SSSR count). The van der Waals surface area contributed by atoms with Crippen LogP contribution in [0.3, 0.4) is 0 Å². The van der Waals surface area contributed by atoms with E-state index in [-0.39, 0.29) is 11.3 Å². The molecule has 0 aromatic carbocycles. The molecule has 0 unspecified atom stereocenters. The minimum absolute atomic E-state index is 0.0376. The van der Waals surface area contributed by atoms with Gasteiger partial charge >= 0.3 is 5.97 Å². The van der Waals surface area contributed by atoms with Crippen LogP contribution >= 0.6 is 0 Å². The van der Waals surface area contributed by atoms with Gasteiger partial charge in [-0.2, -0.15) is 0 Å². The van der Waals surface area contributed by atoms with Crippen LogP contribution in [0, 0.1) is 5.41 Å². The van der Waals surface area contributed by atoms with Gasteiger partial charge in [-0.3, -0.25) is 9.69 Å². The van der Waals surface area contributed by atoms with E-state index < -0.39 is 12.0 Å². The Morgan fingerprint density at radius 2 is 2.08 bits per heavy atom. The van der Waals surface area contributed by atoms with E-state index >= 15 is 0 Å². The van der Waals surface area contributed by atoms with Gasteiger partial charge in [0, 0.05) is 32.4 Å². The summed E-state index contributed by atoms with van der Waals surface area (Å²) in [6.45, 7) is 7.89. The van der Waals surface area contributed by atoms with Crippen molar-refractivity contribution in [3.63, 3.8) is 0 Å². The molecule has 2 aliphatic heterocycles. The summed E-state index contributed by atoms with van der Waals surface area (Å²) in [5.41, 5.74) is -0.0376. The number of carboxylic acid groups (broad SMARTS) is 1. The Bertz CT molecular complexity index is 610. The predicted octanol–water partition coefficient (Wildman–Crippen LogP) is 1.58. The van der Waals surface area contributed by atoms with Gasteiger partial charge < -0.3 is 14.6 Å². The van der Waals surface area contributed by atoms with E-state index in [1.807, 2.05) is 12.4 Å². The Balaban J connectivity index is 1.61. The van der Waals surface area contributed by atoms with Gasteiger partial charge in [0.1, 0.15) is 11.9 Å². The van der Waals surface area contributed by atoms with Crippen molar-refractivity contribution in [2.45, 2.75) is 58.7 Å². The molecule has 0 bridgehead atoms. The van der Waals surface area contributed by atoms with E-state index in [4.69, 9.17) is 0 Å². The lowest BCUT2D eigenvalue weighted by atomic mass is 9.76. The molecule has 1 amide bonds. The fourth-order valence-electron chi connectivity index (χ4n) is 4.29. The fourth-order valence-corrected chi connectivity index (χ4v) is 4.29. The summed E-state index contributed by atoms with van der Waals surface area (Å²) in [6, 6.07) is -0.660. The summed E-state index contributed by atoms with van der Waals surface area (Å²) in [5.74, 6) is 0.0855. The van der Waals surface area contributed by atoms with Crippen molar-refractivity contribution < 1.29 is 14.7 Å². The van der Waals surface area contributed by atoms with E-state index in [2.05, 4.69) is 21.4 Å². The minimum atomic E-state index is -0.879. The van der Waals surface area contributed by atoms with E-state index in [0.717, 1.165) is 51.3 Å². The highest BCUT2D eigenvalue weighted by Crippen LogP contribution is 2.43. The normalized spacial score (nSPS) is 23.3. The third-order valence-electron chi connectivity index (χ3n) is 5.75. The fraction of sp³-hybridized carbons (Fsp3) is 0.722. The summed E-state index contributed by atoms with van der Waals surface area (Å²) in [7, 11) is 0.